The predicted molar refractivity (Wildman–Crippen MR) is 193 cm³/mol. The topological polar surface area (TPSA) is 43.4 Å². The van der Waals surface area contributed by atoms with Crippen LogP contribution >= 0.6 is 31.9 Å². The van der Waals surface area contributed by atoms with E-state index in [1.165, 1.54) is 77.0 Å². The first kappa shape index (κ1) is 36.3. The van der Waals surface area contributed by atoms with Gasteiger partial charge in [0.2, 0.25) is 0 Å². The van der Waals surface area contributed by atoms with Crippen LogP contribution in [-0.2, 0) is 0 Å². The Hall–Kier alpha value is -3.12. The zero-order valence-electron chi connectivity index (χ0n) is 26.4. The summed E-state index contributed by atoms with van der Waals surface area (Å²) in [5.41, 5.74) is 4.15. The first-order valence-corrected chi connectivity index (χ1v) is 17.9. The molecule has 0 N–H and O–H groups in total. The molecule has 0 spiro atoms. The smallest absolute Gasteiger partial charge is 0.150 e. The highest BCUT2D eigenvalue weighted by molar-refractivity contribution is 9.10. The molecule has 3 nitrogen and oxygen atoms in total. The van der Waals surface area contributed by atoms with E-state index in [4.69, 9.17) is 4.74 Å². The maximum atomic E-state index is 11.3. The number of benzene rings is 3. The van der Waals surface area contributed by atoms with E-state index in [1.807, 2.05) is 30.3 Å². The molecule has 0 fully saturated rings. The Labute approximate surface area is 287 Å². The van der Waals surface area contributed by atoms with Gasteiger partial charge in [0.05, 0.1) is 6.61 Å². The summed E-state index contributed by atoms with van der Waals surface area (Å²) < 4.78 is 7.77. The van der Waals surface area contributed by atoms with Gasteiger partial charge >= 0.3 is 0 Å². The van der Waals surface area contributed by atoms with E-state index in [-0.39, 0.29) is 0 Å². The van der Waals surface area contributed by atoms with Crippen LogP contribution in [0, 0.1) is 23.7 Å². The quantitative estimate of drug-likeness (QED) is 0.0743. The van der Waals surface area contributed by atoms with Crippen LogP contribution in [0.3, 0.4) is 0 Å². The summed E-state index contributed by atoms with van der Waals surface area (Å²) in [6.07, 6.45) is 20.1. The second-order valence-electron chi connectivity index (χ2n) is 11.5. The molecule has 0 saturated heterocycles. The number of hydrogen-bond donors (Lipinski definition) is 0. The summed E-state index contributed by atoms with van der Waals surface area (Å²) in [5.74, 6) is 13.5. The van der Waals surface area contributed by atoms with Gasteiger partial charge in [0.1, 0.15) is 18.3 Å². The van der Waals surface area contributed by atoms with Gasteiger partial charge in [-0.05, 0) is 61.0 Å². The minimum atomic E-state index is 0.564. The molecule has 3 aromatic carbocycles. The molecule has 0 heterocycles. The lowest BCUT2D eigenvalue weighted by molar-refractivity contribution is 0.111. The SMILES string of the molecule is CCCCCCCCCCCCCCCCOc1cc(C#Cc2cc(Br)cc(C=O)c2)cc(C#Cc2cc(Br)cc(C=O)c2)c1. The van der Waals surface area contributed by atoms with Gasteiger partial charge in [-0.2, -0.15) is 0 Å². The van der Waals surface area contributed by atoms with Crippen LogP contribution in [0.15, 0.2) is 63.5 Å². The Bertz CT molecular complexity index is 1410. The van der Waals surface area contributed by atoms with Crippen molar-refractivity contribution in [2.45, 2.75) is 96.8 Å². The van der Waals surface area contributed by atoms with Crippen LogP contribution in [0.2, 0.25) is 0 Å². The van der Waals surface area contributed by atoms with Gasteiger partial charge in [0.15, 0.2) is 0 Å². The van der Waals surface area contributed by atoms with Crippen LogP contribution in [0.4, 0.5) is 0 Å². The molecule has 236 valence electrons. The van der Waals surface area contributed by atoms with Gasteiger partial charge in [-0.25, -0.2) is 0 Å². The zero-order valence-corrected chi connectivity index (χ0v) is 29.6. The van der Waals surface area contributed by atoms with Crippen molar-refractivity contribution in [2.24, 2.45) is 0 Å². The van der Waals surface area contributed by atoms with Crippen LogP contribution in [-0.4, -0.2) is 19.2 Å². The highest BCUT2D eigenvalue weighted by Gasteiger charge is 2.03. The highest BCUT2D eigenvalue weighted by Crippen LogP contribution is 2.20. The summed E-state index contributed by atoms with van der Waals surface area (Å²) in [4.78, 5) is 22.6. The number of carbonyl (C=O) groups is 2. The van der Waals surface area contributed by atoms with Crippen molar-refractivity contribution in [3.63, 3.8) is 0 Å². The normalized spacial score (nSPS) is 10.4. The Balaban J connectivity index is 1.55. The average Bonchev–Trinajstić information content (AvgIpc) is 3.04. The molecule has 0 amide bonds. The third-order valence-electron chi connectivity index (χ3n) is 7.49. The van der Waals surface area contributed by atoms with E-state index in [0.29, 0.717) is 17.7 Å². The number of halogens is 2. The molecule has 0 aliphatic rings. The molecular weight excluding hydrogens is 688 g/mol. The van der Waals surface area contributed by atoms with Crippen molar-refractivity contribution >= 4 is 44.4 Å². The van der Waals surface area contributed by atoms with E-state index in [9.17, 15) is 9.59 Å². The van der Waals surface area contributed by atoms with E-state index < -0.39 is 0 Å². The molecule has 0 bridgehead atoms. The number of rotatable bonds is 18. The molecule has 0 unspecified atom stereocenters. The third-order valence-corrected chi connectivity index (χ3v) is 8.40. The molecule has 0 aliphatic carbocycles. The van der Waals surface area contributed by atoms with Crippen molar-refractivity contribution in [1.82, 2.24) is 0 Å². The Kier molecular flexibility index (Phi) is 17.4. The highest BCUT2D eigenvalue weighted by atomic mass is 79.9. The fourth-order valence-electron chi connectivity index (χ4n) is 5.11. The van der Waals surface area contributed by atoms with Gasteiger partial charge in [-0.3, -0.25) is 9.59 Å². The standard InChI is InChI=1S/C40H44Br2O3/c1-2-3-4-5-6-7-8-9-10-11-12-13-14-15-20-45-40-28-34(18-16-32-22-36(30-43)26-38(41)24-32)21-35(29-40)19-17-33-23-37(31-44)27-39(42)25-33/h21-31H,2-15,20H2,1H3. The van der Waals surface area contributed by atoms with Crippen LogP contribution in [0.25, 0.3) is 0 Å². The van der Waals surface area contributed by atoms with E-state index >= 15 is 0 Å². The summed E-state index contributed by atoms with van der Waals surface area (Å²) >= 11 is 6.89. The van der Waals surface area contributed by atoms with Crippen LogP contribution in [0.5, 0.6) is 5.75 Å². The maximum absolute atomic E-state index is 11.3. The zero-order chi connectivity index (χ0) is 32.1. The van der Waals surface area contributed by atoms with Gasteiger partial charge in [-0.1, -0.05) is 146 Å². The van der Waals surface area contributed by atoms with Gasteiger partial charge < -0.3 is 4.74 Å². The molecule has 0 aliphatic heterocycles. The second-order valence-corrected chi connectivity index (χ2v) is 13.3. The summed E-state index contributed by atoms with van der Waals surface area (Å²) in [6.45, 7) is 2.92. The molecule has 45 heavy (non-hydrogen) atoms. The van der Waals surface area contributed by atoms with Crippen molar-refractivity contribution in [2.75, 3.05) is 6.61 Å². The average molecular weight is 733 g/mol. The third kappa shape index (κ3) is 15.1. The van der Waals surface area contributed by atoms with E-state index in [0.717, 1.165) is 62.4 Å². The number of carbonyl (C=O) groups excluding carboxylic acids is 2. The van der Waals surface area contributed by atoms with Gasteiger partial charge in [0.25, 0.3) is 0 Å². The van der Waals surface area contributed by atoms with E-state index in [1.54, 1.807) is 24.3 Å². The Morgan fingerprint density at radius 2 is 0.889 bits per heavy atom. The second kappa shape index (κ2) is 21.6. The lowest BCUT2D eigenvalue weighted by Crippen LogP contribution is -1.98. The predicted octanol–water partition coefficient (Wildman–Crippen LogP) is 11.5. The Morgan fingerprint density at radius 3 is 1.29 bits per heavy atom. The molecule has 0 aromatic heterocycles. The van der Waals surface area contributed by atoms with Crippen LogP contribution in [0.1, 0.15) is 140 Å². The number of unbranched alkanes of at least 4 members (excludes halogenated alkanes) is 13. The van der Waals surface area contributed by atoms with Crippen LogP contribution < -0.4 is 4.74 Å². The molecule has 0 atom stereocenters. The number of aldehydes is 2. The summed E-state index contributed by atoms with van der Waals surface area (Å²) in [7, 11) is 0. The fraction of sp³-hybridized carbons (Fsp3) is 0.400. The minimum absolute atomic E-state index is 0.564. The van der Waals surface area contributed by atoms with E-state index in [2.05, 4.69) is 62.5 Å². The van der Waals surface area contributed by atoms with Gasteiger partial charge in [-0.15, -0.1) is 0 Å². The molecule has 0 saturated carbocycles. The van der Waals surface area contributed by atoms with Gasteiger partial charge in [0, 0.05) is 42.3 Å². The van der Waals surface area contributed by atoms with Crippen molar-refractivity contribution in [1.29, 1.82) is 0 Å². The molecule has 5 heteroatoms. The maximum Gasteiger partial charge on any atom is 0.150 e. The minimum Gasteiger partial charge on any atom is -0.494 e. The Morgan fingerprint density at radius 1 is 0.511 bits per heavy atom. The molecule has 0 radical (unpaired) electrons. The lowest BCUT2D eigenvalue weighted by Gasteiger charge is -2.08. The van der Waals surface area contributed by atoms with Crippen molar-refractivity contribution in [3.05, 3.63) is 96.9 Å². The molecular formula is C40H44Br2O3. The van der Waals surface area contributed by atoms with Crippen molar-refractivity contribution < 1.29 is 14.3 Å². The monoisotopic (exact) mass is 730 g/mol. The number of hydrogen-bond acceptors (Lipinski definition) is 3. The fourth-order valence-corrected chi connectivity index (χ4v) is 6.13. The number of ether oxygens (including phenoxy) is 1. The first-order chi connectivity index (χ1) is 22.0. The van der Waals surface area contributed by atoms with Crippen molar-refractivity contribution in [3.8, 4) is 29.4 Å². The summed E-state index contributed by atoms with van der Waals surface area (Å²) in [5, 5.41) is 0. The molecule has 3 aromatic rings. The lowest BCUT2D eigenvalue weighted by atomic mass is 10.0. The summed E-state index contributed by atoms with van der Waals surface area (Å²) in [6, 6.07) is 16.6. The molecule has 3 rings (SSSR count). The largest absolute Gasteiger partial charge is 0.494 e. The first-order valence-electron chi connectivity index (χ1n) is 16.3.